The first-order chi connectivity index (χ1) is 10.2. The monoisotopic (exact) mass is 282 g/mol. The zero-order valence-electron chi connectivity index (χ0n) is 11.4. The first kappa shape index (κ1) is 13.3. The number of nitrogens with one attached hydrogen (secondary N) is 1. The van der Waals surface area contributed by atoms with Gasteiger partial charge in [0, 0.05) is 5.56 Å². The van der Waals surface area contributed by atoms with Crippen molar-refractivity contribution in [3.8, 4) is 0 Å². The molecule has 0 saturated heterocycles. The number of nitrogens with zero attached hydrogens (tertiary/aromatic N) is 3. The van der Waals surface area contributed by atoms with Crippen molar-refractivity contribution in [2.24, 2.45) is 0 Å². The summed E-state index contributed by atoms with van der Waals surface area (Å²) in [5, 5.41) is 16.9. The molecule has 0 aliphatic heterocycles. The smallest absolute Gasteiger partial charge is 0.274 e. The summed E-state index contributed by atoms with van der Waals surface area (Å²) in [7, 11) is 0. The summed E-state index contributed by atoms with van der Waals surface area (Å²) in [6.07, 6.45) is 0. The number of fused-ring (bicyclic) bond motifs is 1. The second-order valence-corrected chi connectivity index (χ2v) is 4.88. The topological polar surface area (TPSA) is 80.0 Å². The van der Waals surface area contributed by atoms with Gasteiger partial charge in [-0.25, -0.2) is 10.2 Å². The van der Waals surface area contributed by atoms with Gasteiger partial charge in [-0.2, -0.15) is 0 Å². The van der Waals surface area contributed by atoms with Gasteiger partial charge >= 0.3 is 0 Å². The van der Waals surface area contributed by atoms with E-state index in [0.29, 0.717) is 12.1 Å². The number of amides is 1. The van der Waals surface area contributed by atoms with Gasteiger partial charge in [-0.15, -0.1) is 5.10 Å². The zero-order valence-corrected chi connectivity index (χ0v) is 11.4. The first-order valence-electron chi connectivity index (χ1n) is 6.50. The lowest BCUT2D eigenvalue weighted by atomic mass is 10.1. The lowest BCUT2D eigenvalue weighted by Gasteiger charge is -2.04. The Balaban J connectivity index is 1.86. The number of hydroxylamine groups is 1. The highest BCUT2D eigenvalue weighted by Gasteiger charge is 2.07. The molecule has 0 saturated carbocycles. The Labute approximate surface area is 121 Å². The number of aryl methyl sites for hydroxylation is 1. The van der Waals surface area contributed by atoms with Crippen molar-refractivity contribution in [1.29, 1.82) is 0 Å². The molecule has 0 radical (unpaired) electrons. The molecule has 0 atom stereocenters. The van der Waals surface area contributed by atoms with Crippen molar-refractivity contribution in [1.82, 2.24) is 20.5 Å². The van der Waals surface area contributed by atoms with Gasteiger partial charge in [-0.3, -0.25) is 10.0 Å². The summed E-state index contributed by atoms with van der Waals surface area (Å²) in [4.78, 5) is 11.3. The lowest BCUT2D eigenvalue weighted by molar-refractivity contribution is 0.0706. The molecule has 6 nitrogen and oxygen atoms in total. The summed E-state index contributed by atoms with van der Waals surface area (Å²) in [5.74, 6) is -0.525. The van der Waals surface area contributed by atoms with E-state index < -0.39 is 5.91 Å². The Morgan fingerprint density at radius 3 is 2.71 bits per heavy atom. The van der Waals surface area contributed by atoms with Crippen LogP contribution >= 0.6 is 0 Å². The molecule has 2 N–H and O–H groups in total. The van der Waals surface area contributed by atoms with Crippen LogP contribution < -0.4 is 5.48 Å². The Morgan fingerprint density at radius 2 is 2.00 bits per heavy atom. The molecule has 0 aliphatic rings. The highest BCUT2D eigenvalue weighted by molar-refractivity contribution is 5.93. The minimum absolute atomic E-state index is 0.403. The van der Waals surface area contributed by atoms with E-state index in [-0.39, 0.29) is 0 Å². The molecule has 2 aromatic carbocycles. The molecule has 3 aromatic rings. The predicted molar refractivity (Wildman–Crippen MR) is 77.1 cm³/mol. The largest absolute Gasteiger partial charge is 0.288 e. The highest BCUT2D eigenvalue weighted by atomic mass is 16.5. The van der Waals surface area contributed by atoms with Crippen LogP contribution in [0.3, 0.4) is 0 Å². The lowest BCUT2D eigenvalue weighted by Crippen LogP contribution is -2.18. The van der Waals surface area contributed by atoms with Crippen LogP contribution in [-0.4, -0.2) is 26.1 Å². The Bertz CT molecular complexity index is 793. The van der Waals surface area contributed by atoms with Crippen LogP contribution in [0.1, 0.15) is 21.5 Å². The summed E-state index contributed by atoms with van der Waals surface area (Å²) in [6, 6.07) is 13.0. The third-order valence-corrected chi connectivity index (χ3v) is 3.32. The standard InChI is InChI=1S/C15H14N4O2/c1-10-2-7-14-13(8-10)16-18-19(14)9-11-3-5-12(6-4-11)15(20)17-21/h2-8,21H,9H2,1H3,(H,17,20). The minimum Gasteiger partial charge on any atom is -0.288 e. The molecule has 0 aliphatic carbocycles. The summed E-state index contributed by atoms with van der Waals surface area (Å²) >= 11 is 0. The van der Waals surface area contributed by atoms with Crippen LogP contribution in [0.2, 0.25) is 0 Å². The average Bonchev–Trinajstić information content (AvgIpc) is 2.89. The normalized spacial score (nSPS) is 10.8. The summed E-state index contributed by atoms with van der Waals surface area (Å²) < 4.78 is 1.82. The van der Waals surface area contributed by atoms with Crippen molar-refractivity contribution in [2.75, 3.05) is 0 Å². The summed E-state index contributed by atoms with van der Waals surface area (Å²) in [5.41, 5.74) is 5.99. The highest BCUT2D eigenvalue weighted by Crippen LogP contribution is 2.14. The van der Waals surface area contributed by atoms with E-state index in [2.05, 4.69) is 10.3 Å². The van der Waals surface area contributed by atoms with Crippen molar-refractivity contribution in [2.45, 2.75) is 13.5 Å². The quantitative estimate of drug-likeness (QED) is 0.568. The Kier molecular flexibility index (Phi) is 3.37. The van der Waals surface area contributed by atoms with E-state index in [1.807, 2.05) is 41.9 Å². The SMILES string of the molecule is Cc1ccc2c(c1)nnn2Cc1ccc(C(=O)NO)cc1. The number of carbonyl (C=O) groups excluding carboxylic acids is 1. The summed E-state index contributed by atoms with van der Waals surface area (Å²) in [6.45, 7) is 2.59. The molecular weight excluding hydrogens is 268 g/mol. The van der Waals surface area contributed by atoms with Crippen molar-refractivity contribution < 1.29 is 10.0 Å². The van der Waals surface area contributed by atoms with Crippen LogP contribution in [0, 0.1) is 6.92 Å². The number of hydrogen-bond acceptors (Lipinski definition) is 4. The van der Waals surface area contributed by atoms with Crippen LogP contribution in [-0.2, 0) is 6.54 Å². The van der Waals surface area contributed by atoms with Crippen molar-refractivity contribution >= 4 is 16.9 Å². The molecule has 3 rings (SSSR count). The maximum Gasteiger partial charge on any atom is 0.274 e. The minimum atomic E-state index is -0.525. The third-order valence-electron chi connectivity index (χ3n) is 3.32. The maximum atomic E-state index is 11.3. The van der Waals surface area contributed by atoms with Gasteiger partial charge in [0.1, 0.15) is 5.52 Å². The number of aromatic nitrogens is 3. The second kappa shape index (κ2) is 5.34. The van der Waals surface area contributed by atoms with Gasteiger partial charge in [-0.05, 0) is 42.3 Å². The number of hydrogen-bond donors (Lipinski definition) is 2. The molecule has 106 valence electrons. The molecule has 6 heteroatoms. The predicted octanol–water partition coefficient (Wildman–Crippen LogP) is 1.91. The van der Waals surface area contributed by atoms with Gasteiger partial charge in [0.15, 0.2) is 0 Å². The van der Waals surface area contributed by atoms with Gasteiger partial charge in [0.25, 0.3) is 5.91 Å². The molecule has 21 heavy (non-hydrogen) atoms. The zero-order chi connectivity index (χ0) is 14.8. The number of carbonyl (C=O) groups is 1. The molecule has 0 bridgehead atoms. The maximum absolute atomic E-state index is 11.3. The van der Waals surface area contributed by atoms with E-state index in [1.165, 1.54) is 0 Å². The van der Waals surface area contributed by atoms with Crippen molar-refractivity contribution in [3.63, 3.8) is 0 Å². The van der Waals surface area contributed by atoms with Gasteiger partial charge in [0.05, 0.1) is 12.1 Å². The fourth-order valence-electron chi connectivity index (χ4n) is 2.20. The molecule has 0 fully saturated rings. The Hall–Kier alpha value is -2.73. The van der Waals surface area contributed by atoms with E-state index in [4.69, 9.17) is 5.21 Å². The van der Waals surface area contributed by atoms with Crippen LogP contribution in [0.25, 0.3) is 11.0 Å². The van der Waals surface area contributed by atoms with Crippen LogP contribution in [0.5, 0.6) is 0 Å². The fraction of sp³-hybridized carbons (Fsp3) is 0.133. The molecule has 0 unspecified atom stereocenters. The van der Waals surface area contributed by atoms with Gasteiger partial charge < -0.3 is 0 Å². The number of benzene rings is 2. The van der Waals surface area contributed by atoms with Gasteiger partial charge in [-0.1, -0.05) is 23.4 Å². The van der Waals surface area contributed by atoms with Crippen molar-refractivity contribution in [3.05, 3.63) is 59.2 Å². The fourth-order valence-corrected chi connectivity index (χ4v) is 2.20. The Morgan fingerprint density at radius 1 is 1.24 bits per heavy atom. The van der Waals surface area contributed by atoms with Crippen LogP contribution in [0.15, 0.2) is 42.5 Å². The first-order valence-corrected chi connectivity index (χ1v) is 6.50. The van der Waals surface area contributed by atoms with Crippen LogP contribution in [0.4, 0.5) is 0 Å². The third kappa shape index (κ3) is 2.61. The second-order valence-electron chi connectivity index (χ2n) is 4.88. The molecule has 1 amide bonds. The van der Waals surface area contributed by atoms with Gasteiger partial charge in [0.2, 0.25) is 0 Å². The van der Waals surface area contributed by atoms with E-state index in [0.717, 1.165) is 22.2 Å². The molecule has 0 spiro atoms. The molecular formula is C15H14N4O2. The van der Waals surface area contributed by atoms with E-state index in [9.17, 15) is 4.79 Å². The number of rotatable bonds is 3. The average molecular weight is 282 g/mol. The molecule has 1 heterocycles. The van der Waals surface area contributed by atoms with E-state index in [1.54, 1.807) is 17.6 Å². The molecule has 1 aromatic heterocycles. The van der Waals surface area contributed by atoms with E-state index >= 15 is 0 Å².